The summed E-state index contributed by atoms with van der Waals surface area (Å²) in [6.07, 6.45) is 36.6. The first-order valence-electron chi connectivity index (χ1n) is 16.6. The minimum absolute atomic E-state index is 0.00316. The van der Waals surface area contributed by atoms with Crippen molar-refractivity contribution in [3.05, 3.63) is 12.2 Å². The van der Waals surface area contributed by atoms with Gasteiger partial charge in [0.2, 0.25) is 0 Å². The van der Waals surface area contributed by atoms with Gasteiger partial charge in [-0.3, -0.25) is 9.59 Å². The average Bonchev–Trinajstić information content (AvgIpc) is 2.91. The summed E-state index contributed by atoms with van der Waals surface area (Å²) >= 11 is 0. The van der Waals surface area contributed by atoms with Crippen LogP contribution in [0.25, 0.3) is 0 Å². The van der Waals surface area contributed by atoms with E-state index in [1.165, 1.54) is 128 Å². The van der Waals surface area contributed by atoms with Gasteiger partial charge in [-0.1, -0.05) is 148 Å². The van der Waals surface area contributed by atoms with E-state index in [1.54, 1.807) is 0 Å². The predicted octanol–water partition coefficient (Wildman–Crippen LogP) is 11.0. The molecule has 1 unspecified atom stereocenters. The van der Waals surface area contributed by atoms with E-state index < -0.39 is 11.9 Å². The highest BCUT2D eigenvalue weighted by molar-refractivity contribution is 5.78. The zero-order valence-corrected chi connectivity index (χ0v) is 25.5. The average molecular weight is 537 g/mol. The van der Waals surface area contributed by atoms with Crippen molar-refractivity contribution in [1.29, 1.82) is 0 Å². The van der Waals surface area contributed by atoms with E-state index in [2.05, 4.69) is 19.1 Å². The molecule has 0 aromatic carbocycles. The summed E-state index contributed by atoms with van der Waals surface area (Å²) < 4.78 is 5.02. The normalized spacial score (nSPS) is 12.3. The van der Waals surface area contributed by atoms with Crippen LogP contribution >= 0.6 is 0 Å². The van der Waals surface area contributed by atoms with E-state index in [0.717, 1.165) is 25.7 Å². The molecule has 0 fully saturated rings. The Labute approximate surface area is 236 Å². The molecule has 0 aliphatic heterocycles. The standard InChI is InChI=1S/C34H64O4/c1-3-5-6-7-8-9-10-11-12-13-14-15-16-17-18-19-20-21-22-23-24-25-26-27-28-29-32(34(36)37)31-33(35)38-30-4-2/h18-19,32H,3-17,20-31H2,1-2H3,(H,36,37)/b19-18+. The van der Waals surface area contributed by atoms with Crippen molar-refractivity contribution in [2.75, 3.05) is 6.61 Å². The van der Waals surface area contributed by atoms with Gasteiger partial charge in [-0.05, 0) is 38.5 Å². The Morgan fingerprint density at radius 3 is 1.37 bits per heavy atom. The Hall–Kier alpha value is -1.32. The maximum Gasteiger partial charge on any atom is 0.307 e. The number of hydrogen-bond acceptors (Lipinski definition) is 3. The number of carbonyl (C=O) groups excluding carboxylic acids is 1. The van der Waals surface area contributed by atoms with Gasteiger partial charge < -0.3 is 9.84 Å². The Morgan fingerprint density at radius 1 is 0.579 bits per heavy atom. The molecular formula is C34H64O4. The van der Waals surface area contributed by atoms with Gasteiger partial charge in [-0.2, -0.15) is 0 Å². The third-order valence-corrected chi connectivity index (χ3v) is 7.54. The number of rotatable bonds is 30. The zero-order chi connectivity index (χ0) is 27.9. The molecule has 0 bridgehead atoms. The second-order valence-corrected chi connectivity index (χ2v) is 11.4. The number of aliphatic carboxylic acids is 1. The van der Waals surface area contributed by atoms with Crippen LogP contribution in [0.2, 0.25) is 0 Å². The van der Waals surface area contributed by atoms with Gasteiger partial charge in [0, 0.05) is 0 Å². The van der Waals surface area contributed by atoms with Gasteiger partial charge in [-0.15, -0.1) is 0 Å². The van der Waals surface area contributed by atoms with Gasteiger partial charge in [0.15, 0.2) is 0 Å². The number of unbranched alkanes of at least 4 members (excludes halogenated alkanes) is 21. The molecule has 1 N–H and O–H groups in total. The van der Waals surface area contributed by atoms with Crippen LogP contribution in [0.3, 0.4) is 0 Å². The third-order valence-electron chi connectivity index (χ3n) is 7.54. The largest absolute Gasteiger partial charge is 0.481 e. The smallest absolute Gasteiger partial charge is 0.307 e. The van der Waals surface area contributed by atoms with Crippen molar-refractivity contribution in [2.45, 2.75) is 181 Å². The van der Waals surface area contributed by atoms with Crippen LogP contribution in [0, 0.1) is 5.92 Å². The number of carboxylic acids is 1. The third kappa shape index (κ3) is 27.7. The summed E-state index contributed by atoms with van der Waals surface area (Å²) in [6, 6.07) is 0. The highest BCUT2D eigenvalue weighted by atomic mass is 16.5. The predicted molar refractivity (Wildman–Crippen MR) is 163 cm³/mol. The van der Waals surface area contributed by atoms with Crippen molar-refractivity contribution < 1.29 is 19.4 Å². The first kappa shape index (κ1) is 36.7. The maximum atomic E-state index is 11.7. The second-order valence-electron chi connectivity index (χ2n) is 11.4. The summed E-state index contributed by atoms with van der Waals surface area (Å²) in [6.45, 7) is 4.59. The summed E-state index contributed by atoms with van der Waals surface area (Å²) in [4.78, 5) is 23.0. The number of carboxylic acid groups (broad SMARTS) is 1. The fourth-order valence-electron chi connectivity index (χ4n) is 5.02. The molecule has 0 aromatic heterocycles. The molecule has 4 heteroatoms. The number of hydrogen-bond donors (Lipinski definition) is 1. The topological polar surface area (TPSA) is 63.6 Å². The Morgan fingerprint density at radius 2 is 0.974 bits per heavy atom. The number of carbonyl (C=O) groups is 2. The second kappa shape index (κ2) is 30.2. The van der Waals surface area contributed by atoms with Crippen molar-refractivity contribution in [1.82, 2.24) is 0 Å². The minimum Gasteiger partial charge on any atom is -0.481 e. The van der Waals surface area contributed by atoms with E-state index in [-0.39, 0.29) is 12.4 Å². The zero-order valence-electron chi connectivity index (χ0n) is 25.5. The maximum absolute atomic E-state index is 11.7. The summed E-state index contributed by atoms with van der Waals surface area (Å²) in [5, 5.41) is 9.32. The molecular weight excluding hydrogens is 472 g/mol. The summed E-state index contributed by atoms with van der Waals surface area (Å²) in [5.41, 5.74) is 0. The highest BCUT2D eigenvalue weighted by Gasteiger charge is 2.21. The summed E-state index contributed by atoms with van der Waals surface area (Å²) in [7, 11) is 0. The van der Waals surface area contributed by atoms with Gasteiger partial charge in [0.1, 0.15) is 0 Å². The monoisotopic (exact) mass is 536 g/mol. The first-order chi connectivity index (χ1) is 18.6. The Balaban J connectivity index is 3.35. The lowest BCUT2D eigenvalue weighted by molar-refractivity contribution is -0.151. The molecule has 0 aliphatic rings. The summed E-state index contributed by atoms with van der Waals surface area (Å²) in [5.74, 6) is -1.86. The highest BCUT2D eigenvalue weighted by Crippen LogP contribution is 2.17. The Bertz CT molecular complexity index is 543. The SMILES string of the molecule is CCCCCCCCCCCCCCC/C=C/CCCCCCCCCCC(CC(=O)OCCC)C(=O)O. The van der Waals surface area contributed by atoms with Crippen molar-refractivity contribution >= 4 is 11.9 Å². The van der Waals surface area contributed by atoms with E-state index in [9.17, 15) is 14.7 Å². The lowest BCUT2D eigenvalue weighted by Crippen LogP contribution is -2.19. The van der Waals surface area contributed by atoms with Crippen molar-refractivity contribution in [2.24, 2.45) is 5.92 Å². The van der Waals surface area contributed by atoms with E-state index in [1.807, 2.05) is 6.92 Å². The molecule has 0 amide bonds. The molecule has 38 heavy (non-hydrogen) atoms. The fourth-order valence-corrected chi connectivity index (χ4v) is 5.02. The molecule has 0 aliphatic carbocycles. The molecule has 224 valence electrons. The first-order valence-corrected chi connectivity index (χ1v) is 16.6. The molecule has 0 spiro atoms. The number of allylic oxidation sites excluding steroid dienone is 2. The van der Waals surface area contributed by atoms with Crippen LogP contribution in [0.4, 0.5) is 0 Å². The molecule has 0 saturated carbocycles. The lowest BCUT2D eigenvalue weighted by Gasteiger charge is -2.11. The van der Waals surface area contributed by atoms with Gasteiger partial charge >= 0.3 is 11.9 Å². The van der Waals surface area contributed by atoms with Gasteiger partial charge in [0.25, 0.3) is 0 Å². The van der Waals surface area contributed by atoms with E-state index >= 15 is 0 Å². The fraction of sp³-hybridized carbons (Fsp3) is 0.882. The van der Waals surface area contributed by atoms with E-state index in [4.69, 9.17) is 4.74 Å². The Kier molecular flexibility index (Phi) is 29.2. The van der Waals surface area contributed by atoms with Crippen LogP contribution in [0.15, 0.2) is 12.2 Å². The van der Waals surface area contributed by atoms with Crippen LogP contribution in [-0.2, 0) is 14.3 Å². The molecule has 1 atom stereocenters. The molecule has 0 radical (unpaired) electrons. The molecule has 0 heterocycles. The van der Waals surface area contributed by atoms with Crippen LogP contribution in [-0.4, -0.2) is 23.7 Å². The lowest BCUT2D eigenvalue weighted by atomic mass is 9.97. The minimum atomic E-state index is -0.878. The van der Waals surface area contributed by atoms with E-state index in [0.29, 0.717) is 13.0 Å². The molecule has 0 saturated heterocycles. The van der Waals surface area contributed by atoms with Crippen LogP contribution in [0.1, 0.15) is 181 Å². The van der Waals surface area contributed by atoms with Crippen LogP contribution < -0.4 is 0 Å². The molecule has 4 nitrogen and oxygen atoms in total. The van der Waals surface area contributed by atoms with Gasteiger partial charge in [0.05, 0.1) is 18.9 Å². The number of ether oxygens (including phenoxy) is 1. The van der Waals surface area contributed by atoms with Crippen LogP contribution in [0.5, 0.6) is 0 Å². The number of esters is 1. The van der Waals surface area contributed by atoms with Crippen molar-refractivity contribution in [3.8, 4) is 0 Å². The quantitative estimate of drug-likeness (QED) is 0.0563. The molecule has 0 rings (SSSR count). The molecule has 0 aromatic rings. The van der Waals surface area contributed by atoms with Gasteiger partial charge in [-0.25, -0.2) is 0 Å². The van der Waals surface area contributed by atoms with Crippen molar-refractivity contribution in [3.63, 3.8) is 0 Å².